The van der Waals surface area contributed by atoms with Crippen molar-refractivity contribution in [3.05, 3.63) is 88.4 Å². The van der Waals surface area contributed by atoms with Crippen molar-refractivity contribution in [2.24, 2.45) is 0 Å². The highest BCUT2D eigenvalue weighted by Crippen LogP contribution is 2.31. The molecule has 0 saturated carbocycles. The molecule has 0 atom stereocenters. The van der Waals surface area contributed by atoms with E-state index in [1.165, 1.54) is 11.8 Å². The van der Waals surface area contributed by atoms with E-state index in [1.54, 1.807) is 11.0 Å². The quantitative estimate of drug-likeness (QED) is 0.431. The number of allylic oxidation sites excluding steroid dienone is 3. The molecular formula is C29H29ClN4O4. The molecule has 38 heavy (non-hydrogen) atoms. The third-order valence-electron chi connectivity index (χ3n) is 6.51. The lowest BCUT2D eigenvalue weighted by Gasteiger charge is -2.26. The SMILES string of the molecule is CCC1=CC=C(/C=C/C(=O)NCc2nc3cc(-c4ccc(C(=O)N5CCOCC5)cc4)cc(Cl)c3o2)CN1. The van der Waals surface area contributed by atoms with Crippen molar-refractivity contribution in [1.82, 2.24) is 20.5 Å². The van der Waals surface area contributed by atoms with Crippen LogP contribution in [-0.4, -0.2) is 54.5 Å². The van der Waals surface area contributed by atoms with Gasteiger partial charge in [-0.05, 0) is 53.5 Å². The van der Waals surface area contributed by atoms with Crippen LogP contribution >= 0.6 is 11.6 Å². The molecule has 9 heteroatoms. The molecule has 2 N–H and O–H groups in total. The fourth-order valence-electron chi connectivity index (χ4n) is 4.34. The second-order valence-corrected chi connectivity index (χ2v) is 9.49. The molecule has 5 rings (SSSR count). The van der Waals surface area contributed by atoms with E-state index in [4.69, 9.17) is 20.8 Å². The van der Waals surface area contributed by atoms with Gasteiger partial charge < -0.3 is 24.7 Å². The number of amides is 2. The second kappa shape index (κ2) is 11.7. The minimum Gasteiger partial charge on any atom is -0.437 e. The Balaban J connectivity index is 1.24. The van der Waals surface area contributed by atoms with Crippen molar-refractivity contribution in [3.63, 3.8) is 0 Å². The van der Waals surface area contributed by atoms with E-state index in [2.05, 4.69) is 22.5 Å². The fraction of sp³-hybridized carbons (Fsp3) is 0.276. The van der Waals surface area contributed by atoms with Gasteiger partial charge in [0.25, 0.3) is 5.91 Å². The van der Waals surface area contributed by atoms with Crippen LogP contribution in [0.5, 0.6) is 0 Å². The number of nitrogens with zero attached hydrogens (tertiary/aromatic N) is 2. The minimum atomic E-state index is -0.239. The fourth-order valence-corrected chi connectivity index (χ4v) is 4.59. The summed E-state index contributed by atoms with van der Waals surface area (Å²) in [6, 6.07) is 11.1. The summed E-state index contributed by atoms with van der Waals surface area (Å²) in [4.78, 5) is 31.3. The number of halogens is 1. The number of carbonyl (C=O) groups excluding carboxylic acids is 2. The first-order valence-corrected chi connectivity index (χ1v) is 13.0. The largest absolute Gasteiger partial charge is 0.437 e. The van der Waals surface area contributed by atoms with Crippen LogP contribution in [0.15, 0.2) is 76.4 Å². The highest BCUT2D eigenvalue weighted by molar-refractivity contribution is 6.35. The van der Waals surface area contributed by atoms with Crippen molar-refractivity contribution in [1.29, 1.82) is 0 Å². The highest BCUT2D eigenvalue weighted by Gasteiger charge is 2.19. The molecule has 0 bridgehead atoms. The van der Waals surface area contributed by atoms with Gasteiger partial charge in [-0.15, -0.1) is 0 Å². The Kier molecular flexibility index (Phi) is 7.91. The molecule has 196 valence electrons. The summed E-state index contributed by atoms with van der Waals surface area (Å²) in [6.45, 7) is 5.26. The Hall–Kier alpha value is -3.88. The molecule has 0 unspecified atom stereocenters. The van der Waals surface area contributed by atoms with Crippen LogP contribution in [0.4, 0.5) is 0 Å². The zero-order valence-electron chi connectivity index (χ0n) is 21.1. The summed E-state index contributed by atoms with van der Waals surface area (Å²) in [5, 5.41) is 6.53. The Bertz CT molecular complexity index is 1430. The number of ether oxygens (including phenoxy) is 1. The van der Waals surface area contributed by atoms with Gasteiger partial charge >= 0.3 is 0 Å². The Morgan fingerprint density at radius 3 is 2.63 bits per heavy atom. The number of dihydropyridines is 1. The van der Waals surface area contributed by atoms with Gasteiger partial charge in [-0.2, -0.15) is 0 Å². The first-order chi connectivity index (χ1) is 18.5. The molecule has 8 nitrogen and oxygen atoms in total. The monoisotopic (exact) mass is 532 g/mol. The normalized spacial score (nSPS) is 15.8. The van der Waals surface area contributed by atoms with Gasteiger partial charge in [0.1, 0.15) is 5.52 Å². The first-order valence-electron chi connectivity index (χ1n) is 12.7. The number of carbonyl (C=O) groups is 2. The summed E-state index contributed by atoms with van der Waals surface area (Å²) < 4.78 is 11.1. The topological polar surface area (TPSA) is 96.7 Å². The molecule has 1 fully saturated rings. The standard InChI is InChI=1S/C29H29ClN4O4/c1-2-23-9-3-19(17-31-23)4-10-26(35)32-18-27-33-25-16-22(15-24(30)28(25)38-27)20-5-7-21(8-6-20)29(36)34-11-13-37-14-12-34/h3-10,15-16,31H,2,11-14,17-18H2,1H3,(H,32,35)/b10-4+. The molecule has 3 aromatic rings. The molecule has 2 aliphatic heterocycles. The van der Waals surface area contributed by atoms with Crippen molar-refractivity contribution >= 4 is 34.5 Å². The Morgan fingerprint density at radius 2 is 1.92 bits per heavy atom. The molecule has 2 aliphatic rings. The van der Waals surface area contributed by atoms with E-state index in [9.17, 15) is 9.59 Å². The summed E-state index contributed by atoms with van der Waals surface area (Å²) in [5.74, 6) is 0.124. The zero-order chi connectivity index (χ0) is 26.5. The van der Waals surface area contributed by atoms with Crippen LogP contribution in [-0.2, 0) is 16.1 Å². The van der Waals surface area contributed by atoms with Gasteiger partial charge in [-0.25, -0.2) is 4.98 Å². The lowest BCUT2D eigenvalue weighted by Crippen LogP contribution is -2.40. The maximum absolute atomic E-state index is 12.7. The summed E-state index contributed by atoms with van der Waals surface area (Å²) in [7, 11) is 0. The van der Waals surface area contributed by atoms with Crippen molar-refractivity contribution < 1.29 is 18.7 Å². The van der Waals surface area contributed by atoms with Crippen molar-refractivity contribution in [3.8, 4) is 11.1 Å². The van der Waals surface area contributed by atoms with Crippen molar-refractivity contribution in [2.75, 3.05) is 32.8 Å². The molecule has 1 saturated heterocycles. The van der Waals surface area contributed by atoms with Gasteiger partial charge in [-0.1, -0.05) is 42.8 Å². The highest BCUT2D eigenvalue weighted by atomic mass is 35.5. The number of nitrogens with one attached hydrogen (secondary N) is 2. The summed E-state index contributed by atoms with van der Waals surface area (Å²) in [6.07, 6.45) is 8.28. The smallest absolute Gasteiger partial charge is 0.254 e. The lowest BCUT2D eigenvalue weighted by atomic mass is 10.0. The zero-order valence-corrected chi connectivity index (χ0v) is 21.9. The lowest BCUT2D eigenvalue weighted by molar-refractivity contribution is -0.116. The second-order valence-electron chi connectivity index (χ2n) is 9.09. The van der Waals surface area contributed by atoms with Gasteiger partial charge in [0, 0.05) is 37.0 Å². The number of hydrogen-bond donors (Lipinski definition) is 2. The first kappa shape index (κ1) is 25.8. The molecule has 0 aliphatic carbocycles. The van der Waals surface area contributed by atoms with Crippen LogP contribution in [0, 0.1) is 0 Å². The maximum atomic E-state index is 12.7. The number of morpholine rings is 1. The number of hydrogen-bond acceptors (Lipinski definition) is 6. The van der Waals surface area contributed by atoms with Crippen LogP contribution in [0.2, 0.25) is 5.02 Å². The molecule has 1 aromatic heterocycles. The molecular weight excluding hydrogens is 504 g/mol. The van der Waals surface area contributed by atoms with Crippen LogP contribution in [0.25, 0.3) is 22.2 Å². The molecule has 0 radical (unpaired) electrons. The van der Waals surface area contributed by atoms with E-state index < -0.39 is 0 Å². The van der Waals surface area contributed by atoms with Gasteiger partial charge in [0.05, 0.1) is 24.8 Å². The molecule has 2 amide bonds. The van der Waals surface area contributed by atoms with E-state index in [-0.39, 0.29) is 18.4 Å². The van der Waals surface area contributed by atoms with Gasteiger partial charge in [0.2, 0.25) is 11.8 Å². The molecule has 3 heterocycles. The average molecular weight is 533 g/mol. The Labute approximate surface area is 226 Å². The average Bonchev–Trinajstić information content (AvgIpc) is 3.39. The van der Waals surface area contributed by atoms with Gasteiger partial charge in [-0.3, -0.25) is 9.59 Å². The van der Waals surface area contributed by atoms with Crippen LogP contribution < -0.4 is 10.6 Å². The predicted octanol–water partition coefficient (Wildman–Crippen LogP) is 4.62. The van der Waals surface area contributed by atoms with Crippen molar-refractivity contribution in [2.45, 2.75) is 19.9 Å². The number of oxazole rings is 1. The summed E-state index contributed by atoms with van der Waals surface area (Å²) >= 11 is 6.51. The molecule has 0 spiro atoms. The number of aromatic nitrogens is 1. The number of benzene rings is 2. The van der Waals surface area contributed by atoms with E-state index >= 15 is 0 Å². The third kappa shape index (κ3) is 5.98. The summed E-state index contributed by atoms with van der Waals surface area (Å²) in [5.41, 5.74) is 5.66. The van der Waals surface area contributed by atoms with E-state index in [1.807, 2.05) is 48.6 Å². The van der Waals surface area contributed by atoms with Gasteiger partial charge in [0.15, 0.2) is 5.58 Å². The third-order valence-corrected chi connectivity index (χ3v) is 6.79. The predicted molar refractivity (Wildman–Crippen MR) is 147 cm³/mol. The van der Waals surface area contributed by atoms with Crippen LogP contribution in [0.1, 0.15) is 29.6 Å². The maximum Gasteiger partial charge on any atom is 0.254 e. The Morgan fingerprint density at radius 1 is 1.13 bits per heavy atom. The van der Waals surface area contributed by atoms with Crippen LogP contribution in [0.3, 0.4) is 0 Å². The minimum absolute atomic E-state index is 0.000899. The number of fused-ring (bicyclic) bond motifs is 1. The number of rotatable bonds is 7. The molecule has 2 aromatic carbocycles. The van der Waals surface area contributed by atoms with E-state index in [0.29, 0.717) is 60.4 Å². The van der Waals surface area contributed by atoms with E-state index in [0.717, 1.165) is 23.1 Å².